The third-order valence-electron chi connectivity index (χ3n) is 3.60. The Bertz CT molecular complexity index is 1050. The number of amides is 3. The van der Waals surface area contributed by atoms with Crippen LogP contribution in [0.4, 0.5) is 11.4 Å². The summed E-state index contributed by atoms with van der Waals surface area (Å²) in [6.07, 6.45) is 0.935. The minimum atomic E-state index is -3.67. The minimum Gasteiger partial charge on any atom is -0.494 e. The van der Waals surface area contributed by atoms with E-state index in [1.165, 1.54) is 37.3 Å². The highest BCUT2D eigenvalue weighted by molar-refractivity contribution is 7.92. The average Bonchev–Trinajstić information content (AvgIpc) is 2.66. The van der Waals surface area contributed by atoms with Crippen molar-refractivity contribution in [2.24, 2.45) is 0 Å². The van der Waals surface area contributed by atoms with Gasteiger partial charge in [0.1, 0.15) is 5.75 Å². The number of hydrogen-bond donors (Lipinski definition) is 4. The van der Waals surface area contributed by atoms with Crippen LogP contribution in [0.5, 0.6) is 5.75 Å². The van der Waals surface area contributed by atoms with Crippen molar-refractivity contribution in [3.63, 3.8) is 0 Å². The molecule has 30 heavy (non-hydrogen) atoms. The first-order valence-corrected chi connectivity index (χ1v) is 10.7. The van der Waals surface area contributed by atoms with Crippen LogP contribution in [0.15, 0.2) is 42.5 Å². The zero-order valence-electron chi connectivity index (χ0n) is 16.6. The number of hydrazine groups is 1. The van der Waals surface area contributed by atoms with E-state index < -0.39 is 21.8 Å². The summed E-state index contributed by atoms with van der Waals surface area (Å²) < 4.78 is 30.7. The molecule has 2 rings (SSSR count). The molecule has 2 aromatic carbocycles. The van der Waals surface area contributed by atoms with Gasteiger partial charge < -0.3 is 10.1 Å². The SMILES string of the molecule is CCOc1ccc(C(=O)NNC(=O)c2cc(NC(C)=O)ccc2NS(C)(=O)=O)cc1. The summed E-state index contributed by atoms with van der Waals surface area (Å²) in [5, 5.41) is 2.50. The van der Waals surface area contributed by atoms with Crippen LogP contribution in [0, 0.1) is 0 Å². The Morgan fingerprint density at radius 2 is 1.60 bits per heavy atom. The van der Waals surface area contributed by atoms with E-state index >= 15 is 0 Å². The van der Waals surface area contributed by atoms with Gasteiger partial charge in [0.05, 0.1) is 24.1 Å². The van der Waals surface area contributed by atoms with Crippen LogP contribution < -0.4 is 25.6 Å². The highest BCUT2D eigenvalue weighted by atomic mass is 32.2. The van der Waals surface area contributed by atoms with Crippen LogP contribution in [0.1, 0.15) is 34.6 Å². The molecular weight excluding hydrogens is 412 g/mol. The molecule has 0 atom stereocenters. The van der Waals surface area contributed by atoms with E-state index in [1.54, 1.807) is 12.1 Å². The van der Waals surface area contributed by atoms with Crippen molar-refractivity contribution in [2.45, 2.75) is 13.8 Å². The molecule has 0 saturated carbocycles. The summed E-state index contributed by atoms with van der Waals surface area (Å²) in [4.78, 5) is 36.1. The summed E-state index contributed by atoms with van der Waals surface area (Å²) in [6, 6.07) is 10.3. The molecular formula is C19H22N4O6S. The second-order valence-electron chi connectivity index (χ2n) is 6.18. The predicted molar refractivity (Wildman–Crippen MR) is 112 cm³/mol. The lowest BCUT2D eigenvalue weighted by Crippen LogP contribution is -2.42. The van der Waals surface area contributed by atoms with Crippen LogP contribution in [0.25, 0.3) is 0 Å². The van der Waals surface area contributed by atoms with Crippen LogP contribution in [-0.2, 0) is 14.8 Å². The van der Waals surface area contributed by atoms with Crippen LogP contribution in [0.2, 0.25) is 0 Å². The lowest BCUT2D eigenvalue weighted by molar-refractivity contribution is -0.114. The topological polar surface area (TPSA) is 143 Å². The maximum atomic E-state index is 12.6. The van der Waals surface area contributed by atoms with Gasteiger partial charge in [-0.1, -0.05) is 0 Å². The number of nitrogens with one attached hydrogen (secondary N) is 4. The highest BCUT2D eigenvalue weighted by Crippen LogP contribution is 2.22. The van der Waals surface area contributed by atoms with Crippen LogP contribution in [0.3, 0.4) is 0 Å². The molecule has 0 spiro atoms. The van der Waals surface area contributed by atoms with Crippen molar-refractivity contribution in [2.75, 3.05) is 22.9 Å². The first-order valence-electron chi connectivity index (χ1n) is 8.82. The van der Waals surface area contributed by atoms with Crippen molar-refractivity contribution in [3.8, 4) is 5.75 Å². The van der Waals surface area contributed by atoms with E-state index in [9.17, 15) is 22.8 Å². The van der Waals surface area contributed by atoms with E-state index in [0.717, 1.165) is 6.26 Å². The smallest absolute Gasteiger partial charge is 0.271 e. The lowest BCUT2D eigenvalue weighted by Gasteiger charge is -2.14. The van der Waals surface area contributed by atoms with E-state index in [1.807, 2.05) is 6.92 Å². The molecule has 0 bridgehead atoms. The van der Waals surface area contributed by atoms with Gasteiger partial charge in [-0.15, -0.1) is 0 Å². The van der Waals surface area contributed by atoms with Gasteiger partial charge in [-0.25, -0.2) is 8.42 Å². The van der Waals surface area contributed by atoms with E-state index in [0.29, 0.717) is 12.4 Å². The monoisotopic (exact) mass is 434 g/mol. The van der Waals surface area contributed by atoms with Gasteiger partial charge in [-0.05, 0) is 49.4 Å². The Kier molecular flexibility index (Phi) is 7.37. The molecule has 0 aliphatic rings. The predicted octanol–water partition coefficient (Wildman–Crippen LogP) is 1.49. The standard InChI is InChI=1S/C19H22N4O6S/c1-4-29-15-8-5-13(6-9-15)18(25)21-22-19(26)16-11-14(20-12(2)24)7-10-17(16)23-30(3,27)28/h5-11,23H,4H2,1-3H3,(H,20,24)(H,21,25)(H,22,26). The number of carbonyl (C=O) groups is 3. The Balaban J connectivity index is 2.17. The summed E-state index contributed by atoms with van der Waals surface area (Å²) in [5.74, 6) is -1.13. The molecule has 0 aliphatic carbocycles. The summed E-state index contributed by atoms with van der Waals surface area (Å²) in [5.41, 5.74) is 4.93. The molecule has 10 nitrogen and oxygen atoms in total. The average molecular weight is 434 g/mol. The maximum Gasteiger partial charge on any atom is 0.271 e. The van der Waals surface area contributed by atoms with Crippen LogP contribution >= 0.6 is 0 Å². The van der Waals surface area contributed by atoms with Gasteiger partial charge in [-0.3, -0.25) is 30.0 Å². The van der Waals surface area contributed by atoms with Gasteiger partial charge in [0, 0.05) is 18.2 Å². The van der Waals surface area contributed by atoms with Gasteiger partial charge in [0.2, 0.25) is 15.9 Å². The summed E-state index contributed by atoms with van der Waals surface area (Å²) >= 11 is 0. The van der Waals surface area contributed by atoms with Crippen molar-refractivity contribution in [1.82, 2.24) is 10.9 Å². The molecule has 0 unspecified atom stereocenters. The van der Waals surface area contributed by atoms with Gasteiger partial charge in [-0.2, -0.15) is 0 Å². The third kappa shape index (κ3) is 6.78. The number of anilines is 2. The Morgan fingerprint density at radius 3 is 2.17 bits per heavy atom. The van der Waals surface area contributed by atoms with Crippen LogP contribution in [-0.4, -0.2) is 39.0 Å². The number of hydrogen-bond acceptors (Lipinski definition) is 6. The number of benzene rings is 2. The molecule has 0 saturated heterocycles. The normalized spacial score (nSPS) is 10.6. The minimum absolute atomic E-state index is 0.0144. The quantitative estimate of drug-likeness (QED) is 0.486. The fraction of sp³-hybridized carbons (Fsp3) is 0.211. The zero-order valence-corrected chi connectivity index (χ0v) is 17.4. The number of ether oxygens (including phenoxy) is 1. The van der Waals surface area contributed by atoms with Gasteiger partial charge in [0.15, 0.2) is 0 Å². The largest absolute Gasteiger partial charge is 0.494 e. The zero-order chi connectivity index (χ0) is 22.3. The fourth-order valence-corrected chi connectivity index (χ4v) is 3.00. The number of carbonyl (C=O) groups excluding carboxylic acids is 3. The van der Waals surface area contributed by atoms with Crippen molar-refractivity contribution >= 4 is 39.1 Å². The molecule has 0 aliphatic heterocycles. The maximum absolute atomic E-state index is 12.6. The fourth-order valence-electron chi connectivity index (χ4n) is 2.42. The lowest BCUT2D eigenvalue weighted by atomic mass is 10.1. The van der Waals surface area contributed by atoms with Gasteiger partial charge >= 0.3 is 0 Å². The molecule has 11 heteroatoms. The molecule has 2 aromatic rings. The molecule has 3 amide bonds. The second kappa shape index (κ2) is 9.74. The van der Waals surface area contributed by atoms with Crippen molar-refractivity contribution < 1.29 is 27.5 Å². The first kappa shape index (κ1) is 22.7. The Morgan fingerprint density at radius 1 is 0.967 bits per heavy atom. The molecule has 0 heterocycles. The van der Waals surface area contributed by atoms with Crippen molar-refractivity contribution in [1.29, 1.82) is 0 Å². The molecule has 0 fully saturated rings. The Labute approximate surface area is 174 Å². The van der Waals surface area contributed by atoms with E-state index in [-0.39, 0.29) is 28.4 Å². The number of sulfonamides is 1. The summed E-state index contributed by atoms with van der Waals surface area (Å²) in [7, 11) is -3.67. The second-order valence-corrected chi connectivity index (χ2v) is 7.93. The van der Waals surface area contributed by atoms with Crippen molar-refractivity contribution in [3.05, 3.63) is 53.6 Å². The molecule has 0 radical (unpaired) electrons. The first-order chi connectivity index (χ1) is 14.1. The van der Waals surface area contributed by atoms with E-state index in [2.05, 4.69) is 20.9 Å². The molecule has 0 aromatic heterocycles. The Hall–Kier alpha value is -3.60. The molecule has 4 N–H and O–H groups in total. The van der Waals surface area contributed by atoms with Gasteiger partial charge in [0.25, 0.3) is 11.8 Å². The summed E-state index contributed by atoms with van der Waals surface area (Å²) in [6.45, 7) is 3.62. The highest BCUT2D eigenvalue weighted by Gasteiger charge is 2.17. The van der Waals surface area contributed by atoms with E-state index in [4.69, 9.17) is 4.74 Å². The number of rotatable bonds is 7. The third-order valence-corrected chi connectivity index (χ3v) is 4.19. The molecule has 160 valence electrons.